The van der Waals surface area contributed by atoms with Crippen molar-refractivity contribution in [3.8, 4) is 0 Å². The molecule has 1 aliphatic heterocycles. The number of benzene rings is 1. The lowest BCUT2D eigenvalue weighted by atomic mass is 10.0. The molecular formula is C20H28O. The minimum atomic E-state index is 0.339. The third-order valence-corrected chi connectivity index (χ3v) is 3.97. The fourth-order valence-electron chi connectivity index (χ4n) is 2.72. The van der Waals surface area contributed by atoms with Gasteiger partial charge in [-0.1, -0.05) is 74.7 Å². The molecule has 114 valence electrons. The van der Waals surface area contributed by atoms with Crippen LogP contribution in [0.1, 0.15) is 57.4 Å². The van der Waals surface area contributed by atoms with E-state index >= 15 is 0 Å². The van der Waals surface area contributed by atoms with Crippen molar-refractivity contribution in [3.05, 3.63) is 53.6 Å². The lowest BCUT2D eigenvalue weighted by Gasteiger charge is -2.08. The van der Waals surface area contributed by atoms with Gasteiger partial charge >= 0.3 is 0 Å². The number of unbranched alkanes of at least 4 members (excludes halogenated alkanes) is 3. The first-order valence-corrected chi connectivity index (χ1v) is 8.44. The van der Waals surface area contributed by atoms with E-state index in [1.807, 2.05) is 0 Å². The van der Waals surface area contributed by atoms with Crippen molar-refractivity contribution in [2.45, 2.75) is 58.0 Å². The van der Waals surface area contributed by atoms with Crippen LogP contribution in [0, 0.1) is 0 Å². The van der Waals surface area contributed by atoms with E-state index in [2.05, 4.69) is 55.5 Å². The molecule has 1 heterocycles. The second-order valence-corrected chi connectivity index (χ2v) is 5.85. The van der Waals surface area contributed by atoms with E-state index < -0.39 is 0 Å². The van der Waals surface area contributed by atoms with Gasteiger partial charge < -0.3 is 4.74 Å². The molecule has 1 nitrogen and oxygen atoms in total. The van der Waals surface area contributed by atoms with Crippen molar-refractivity contribution >= 4 is 6.08 Å². The smallest absolute Gasteiger partial charge is 0.0762 e. The first-order chi connectivity index (χ1) is 10.4. The van der Waals surface area contributed by atoms with Gasteiger partial charge in [-0.05, 0) is 36.8 Å². The van der Waals surface area contributed by atoms with Gasteiger partial charge in [0, 0.05) is 6.61 Å². The van der Waals surface area contributed by atoms with E-state index in [0.29, 0.717) is 6.10 Å². The second kappa shape index (κ2) is 9.57. The minimum absolute atomic E-state index is 0.339. The van der Waals surface area contributed by atoms with E-state index in [1.54, 1.807) is 0 Å². The highest BCUT2D eigenvalue weighted by Gasteiger charge is 2.12. The molecule has 1 atom stereocenters. The van der Waals surface area contributed by atoms with Crippen LogP contribution in [0.2, 0.25) is 0 Å². The molecule has 0 aliphatic carbocycles. The number of ether oxygens (including phenoxy) is 1. The molecule has 1 saturated heterocycles. The Labute approximate surface area is 129 Å². The number of hydrogen-bond donors (Lipinski definition) is 0. The second-order valence-electron chi connectivity index (χ2n) is 5.85. The van der Waals surface area contributed by atoms with E-state index in [9.17, 15) is 0 Å². The van der Waals surface area contributed by atoms with Crippen LogP contribution in [0.3, 0.4) is 0 Å². The average Bonchev–Trinajstić information content (AvgIpc) is 3.03. The Kier molecular flexibility index (Phi) is 7.31. The van der Waals surface area contributed by atoms with Gasteiger partial charge in [0.15, 0.2) is 0 Å². The van der Waals surface area contributed by atoms with Crippen LogP contribution in [-0.4, -0.2) is 12.7 Å². The van der Waals surface area contributed by atoms with Gasteiger partial charge in [-0.2, -0.15) is 0 Å². The van der Waals surface area contributed by atoms with Gasteiger partial charge in [0.2, 0.25) is 0 Å². The van der Waals surface area contributed by atoms with E-state index in [-0.39, 0.29) is 0 Å². The summed E-state index contributed by atoms with van der Waals surface area (Å²) >= 11 is 0. The van der Waals surface area contributed by atoms with Gasteiger partial charge in [0.05, 0.1) is 6.10 Å². The predicted octanol–water partition coefficient (Wildman–Crippen LogP) is 5.78. The molecule has 0 bridgehead atoms. The maximum atomic E-state index is 5.75. The van der Waals surface area contributed by atoms with Crippen LogP contribution in [0.25, 0.3) is 6.08 Å². The summed E-state index contributed by atoms with van der Waals surface area (Å²) in [4.78, 5) is 0. The highest BCUT2D eigenvalue weighted by atomic mass is 16.5. The normalized spacial score (nSPS) is 19.5. The molecular weight excluding hydrogens is 256 g/mol. The molecule has 0 amide bonds. The summed E-state index contributed by atoms with van der Waals surface area (Å²) in [5.41, 5.74) is 2.70. The molecule has 0 radical (unpaired) electrons. The number of hydrogen-bond acceptors (Lipinski definition) is 1. The lowest BCUT2D eigenvalue weighted by molar-refractivity contribution is 0.145. The monoisotopic (exact) mass is 284 g/mol. The molecule has 0 saturated carbocycles. The summed E-state index contributed by atoms with van der Waals surface area (Å²) in [7, 11) is 0. The van der Waals surface area contributed by atoms with Crippen molar-refractivity contribution in [2.24, 2.45) is 0 Å². The summed E-state index contributed by atoms with van der Waals surface area (Å²) < 4.78 is 5.75. The van der Waals surface area contributed by atoms with Crippen LogP contribution >= 0.6 is 0 Å². The highest BCUT2D eigenvalue weighted by Crippen LogP contribution is 2.19. The fraction of sp³-hybridized carbons (Fsp3) is 0.500. The van der Waals surface area contributed by atoms with Crippen molar-refractivity contribution in [3.63, 3.8) is 0 Å². The fourth-order valence-corrected chi connectivity index (χ4v) is 2.72. The first-order valence-electron chi connectivity index (χ1n) is 8.44. The molecule has 2 rings (SSSR count). The average molecular weight is 284 g/mol. The third-order valence-electron chi connectivity index (χ3n) is 3.97. The molecule has 1 aliphatic rings. The van der Waals surface area contributed by atoms with Crippen LogP contribution < -0.4 is 0 Å². The van der Waals surface area contributed by atoms with E-state index in [1.165, 1.54) is 56.1 Å². The molecule has 1 aromatic rings. The molecule has 1 aromatic carbocycles. The zero-order chi connectivity index (χ0) is 14.8. The Morgan fingerprint density at radius 3 is 2.76 bits per heavy atom. The summed E-state index contributed by atoms with van der Waals surface area (Å²) in [5.74, 6) is 0. The quantitative estimate of drug-likeness (QED) is 0.434. The van der Waals surface area contributed by atoms with E-state index in [0.717, 1.165) is 6.61 Å². The van der Waals surface area contributed by atoms with Crippen molar-refractivity contribution in [2.75, 3.05) is 6.61 Å². The van der Waals surface area contributed by atoms with Crippen molar-refractivity contribution in [1.82, 2.24) is 0 Å². The Balaban J connectivity index is 1.95. The molecule has 1 unspecified atom stereocenters. The van der Waals surface area contributed by atoms with E-state index in [4.69, 9.17) is 4.74 Å². The summed E-state index contributed by atoms with van der Waals surface area (Å²) in [6.45, 7) is 3.19. The minimum Gasteiger partial charge on any atom is -0.374 e. The highest BCUT2D eigenvalue weighted by molar-refractivity contribution is 5.52. The Hall–Kier alpha value is -1.34. The Bertz CT molecular complexity index is 438. The standard InChI is InChI=1S/C20H28O/c1-2-3-4-6-12-19(17-20-13-9-16-21-20)15-14-18-10-7-5-8-11-18/h5,7-8,10-11,14-15,17,20H,2-4,6,9,12-13,16H2,1H3/b15-14+,19-17+. The maximum Gasteiger partial charge on any atom is 0.0762 e. The SMILES string of the molecule is CCCCCCC(/C=C/c1ccccc1)=C\C1CCCO1. The van der Waals surface area contributed by atoms with Crippen LogP contribution in [-0.2, 0) is 4.74 Å². The zero-order valence-electron chi connectivity index (χ0n) is 13.3. The summed E-state index contributed by atoms with van der Waals surface area (Å²) in [6, 6.07) is 10.5. The number of rotatable bonds is 8. The summed E-state index contributed by atoms with van der Waals surface area (Å²) in [6.07, 6.45) is 16.0. The third kappa shape index (κ3) is 6.31. The Morgan fingerprint density at radius 1 is 1.19 bits per heavy atom. The van der Waals surface area contributed by atoms with Gasteiger partial charge in [0.25, 0.3) is 0 Å². The van der Waals surface area contributed by atoms with Gasteiger partial charge in [-0.25, -0.2) is 0 Å². The van der Waals surface area contributed by atoms with Crippen LogP contribution in [0.4, 0.5) is 0 Å². The van der Waals surface area contributed by atoms with Gasteiger partial charge in [-0.3, -0.25) is 0 Å². The maximum absolute atomic E-state index is 5.75. The molecule has 0 N–H and O–H groups in total. The molecule has 0 spiro atoms. The zero-order valence-corrected chi connectivity index (χ0v) is 13.3. The van der Waals surface area contributed by atoms with Gasteiger partial charge in [-0.15, -0.1) is 0 Å². The van der Waals surface area contributed by atoms with Crippen molar-refractivity contribution < 1.29 is 4.74 Å². The largest absolute Gasteiger partial charge is 0.374 e. The first kappa shape index (κ1) is 16.0. The van der Waals surface area contributed by atoms with Gasteiger partial charge in [0.1, 0.15) is 0 Å². The molecule has 1 fully saturated rings. The molecule has 21 heavy (non-hydrogen) atoms. The number of allylic oxidation sites excluding steroid dienone is 2. The summed E-state index contributed by atoms with van der Waals surface area (Å²) in [5, 5.41) is 0. The van der Waals surface area contributed by atoms with Crippen LogP contribution in [0.15, 0.2) is 48.1 Å². The predicted molar refractivity (Wildman–Crippen MR) is 91.3 cm³/mol. The molecule has 1 heteroatoms. The Morgan fingerprint density at radius 2 is 2.05 bits per heavy atom. The topological polar surface area (TPSA) is 9.23 Å². The lowest BCUT2D eigenvalue weighted by Crippen LogP contribution is -2.01. The van der Waals surface area contributed by atoms with Crippen molar-refractivity contribution in [1.29, 1.82) is 0 Å². The molecule has 0 aromatic heterocycles. The van der Waals surface area contributed by atoms with Crippen LogP contribution in [0.5, 0.6) is 0 Å².